The Hall–Kier alpha value is -1.10. The van der Waals surface area contributed by atoms with Crippen molar-refractivity contribution in [1.29, 1.82) is 0 Å². The molecular weight excluding hydrogens is 222 g/mol. The lowest BCUT2D eigenvalue weighted by Crippen LogP contribution is -2.16. The fraction of sp³-hybridized carbons (Fsp3) is 0.455. The Morgan fingerprint density at radius 1 is 1.31 bits per heavy atom. The number of aryl methyl sites for hydroxylation is 1. The second-order valence-electron chi connectivity index (χ2n) is 3.77. The van der Waals surface area contributed by atoms with Gasteiger partial charge in [0.1, 0.15) is 5.82 Å². The van der Waals surface area contributed by atoms with Crippen LogP contribution in [-0.4, -0.2) is 6.18 Å². The van der Waals surface area contributed by atoms with Gasteiger partial charge in [0.15, 0.2) is 0 Å². The first-order chi connectivity index (χ1) is 7.29. The van der Waals surface area contributed by atoms with Gasteiger partial charge in [0.25, 0.3) is 0 Å². The summed E-state index contributed by atoms with van der Waals surface area (Å²) in [6.45, 7) is 1.58. The van der Waals surface area contributed by atoms with Crippen molar-refractivity contribution in [2.45, 2.75) is 32.0 Å². The third kappa shape index (κ3) is 3.81. The molecule has 0 heterocycles. The minimum atomic E-state index is -4.22. The molecule has 0 aromatic heterocycles. The van der Waals surface area contributed by atoms with E-state index in [2.05, 4.69) is 0 Å². The Bertz CT molecular complexity index is 359. The van der Waals surface area contributed by atoms with Crippen LogP contribution in [0.5, 0.6) is 0 Å². The number of rotatable bonds is 3. The van der Waals surface area contributed by atoms with Gasteiger partial charge in [-0.2, -0.15) is 13.2 Å². The van der Waals surface area contributed by atoms with Crippen LogP contribution in [0, 0.1) is 12.7 Å². The average Bonchev–Trinajstić information content (AvgIpc) is 2.17. The van der Waals surface area contributed by atoms with Gasteiger partial charge in [-0.1, -0.05) is 12.1 Å². The highest BCUT2D eigenvalue weighted by Crippen LogP contribution is 2.26. The fourth-order valence-corrected chi connectivity index (χ4v) is 1.33. The Labute approximate surface area is 91.3 Å². The van der Waals surface area contributed by atoms with Crippen LogP contribution in [-0.2, 0) is 0 Å². The molecule has 0 radical (unpaired) electrons. The monoisotopic (exact) mass is 235 g/mol. The van der Waals surface area contributed by atoms with Gasteiger partial charge in [-0.15, -0.1) is 0 Å². The Morgan fingerprint density at radius 2 is 1.94 bits per heavy atom. The molecule has 0 bridgehead atoms. The normalized spacial score (nSPS) is 13.9. The summed E-state index contributed by atoms with van der Waals surface area (Å²) >= 11 is 0. The zero-order chi connectivity index (χ0) is 12.3. The van der Waals surface area contributed by atoms with Crippen LogP contribution in [0.4, 0.5) is 17.6 Å². The van der Waals surface area contributed by atoms with Crippen molar-refractivity contribution >= 4 is 0 Å². The predicted molar refractivity (Wildman–Crippen MR) is 53.4 cm³/mol. The highest BCUT2D eigenvalue weighted by atomic mass is 19.4. The van der Waals surface area contributed by atoms with Crippen molar-refractivity contribution < 1.29 is 17.6 Å². The highest BCUT2D eigenvalue weighted by Gasteiger charge is 2.27. The number of alkyl halides is 3. The number of benzene rings is 1. The summed E-state index contributed by atoms with van der Waals surface area (Å²) in [5.74, 6) is -0.444. The van der Waals surface area contributed by atoms with Crippen molar-refractivity contribution in [3.8, 4) is 0 Å². The van der Waals surface area contributed by atoms with Crippen LogP contribution in [0.2, 0.25) is 0 Å². The largest absolute Gasteiger partial charge is 0.389 e. The smallest absolute Gasteiger partial charge is 0.324 e. The molecule has 0 saturated heterocycles. The summed E-state index contributed by atoms with van der Waals surface area (Å²) in [5, 5.41) is 0. The molecule has 0 fully saturated rings. The Kier molecular flexibility index (Phi) is 3.91. The van der Waals surface area contributed by atoms with Crippen LogP contribution >= 0.6 is 0 Å². The maximum atomic E-state index is 13.1. The molecule has 16 heavy (non-hydrogen) atoms. The Balaban J connectivity index is 2.66. The fourth-order valence-electron chi connectivity index (χ4n) is 1.33. The predicted octanol–water partition coefficient (Wildman–Crippen LogP) is 3.48. The summed E-state index contributed by atoms with van der Waals surface area (Å²) in [4.78, 5) is 0. The highest BCUT2D eigenvalue weighted by molar-refractivity contribution is 5.25. The van der Waals surface area contributed by atoms with Crippen LogP contribution in [0.15, 0.2) is 18.2 Å². The van der Waals surface area contributed by atoms with E-state index < -0.39 is 24.5 Å². The molecule has 0 aliphatic carbocycles. The molecule has 0 aliphatic rings. The van der Waals surface area contributed by atoms with Crippen molar-refractivity contribution in [2.75, 3.05) is 0 Å². The van der Waals surface area contributed by atoms with Gasteiger partial charge in [0.2, 0.25) is 0 Å². The van der Waals surface area contributed by atoms with Gasteiger partial charge >= 0.3 is 6.18 Å². The van der Waals surface area contributed by atoms with Gasteiger partial charge in [0.05, 0.1) is 0 Å². The molecule has 0 amide bonds. The lowest BCUT2D eigenvalue weighted by Gasteiger charge is -2.14. The van der Waals surface area contributed by atoms with Crippen LogP contribution in [0.1, 0.15) is 30.0 Å². The number of hydrogen-bond donors (Lipinski definition) is 1. The second kappa shape index (κ2) is 4.82. The third-order valence-electron chi connectivity index (χ3n) is 2.36. The quantitative estimate of drug-likeness (QED) is 0.797. The zero-order valence-corrected chi connectivity index (χ0v) is 8.81. The van der Waals surface area contributed by atoms with E-state index in [1.165, 1.54) is 12.1 Å². The molecule has 1 rings (SSSR count). The summed E-state index contributed by atoms with van der Waals surface area (Å²) in [6, 6.07) is 3.48. The summed E-state index contributed by atoms with van der Waals surface area (Å²) in [5.41, 5.74) is 6.40. The third-order valence-corrected chi connectivity index (χ3v) is 2.36. The topological polar surface area (TPSA) is 26.0 Å². The van der Waals surface area contributed by atoms with Gasteiger partial charge in [-0.3, -0.25) is 0 Å². The summed E-state index contributed by atoms with van der Waals surface area (Å²) in [6.07, 6.45) is -5.41. The van der Waals surface area contributed by atoms with E-state index in [1.54, 1.807) is 13.0 Å². The van der Waals surface area contributed by atoms with Crippen LogP contribution in [0.25, 0.3) is 0 Å². The second-order valence-corrected chi connectivity index (χ2v) is 3.77. The molecule has 90 valence electrons. The van der Waals surface area contributed by atoms with Crippen molar-refractivity contribution in [3.63, 3.8) is 0 Å². The standard InChI is InChI=1S/C11H13F4N/c1-7-2-3-8(6-9(7)12)10(16)4-5-11(13,14)15/h2-3,6,10H,4-5,16H2,1H3. The molecule has 2 N–H and O–H groups in total. The number of halogens is 4. The molecule has 5 heteroatoms. The lowest BCUT2D eigenvalue weighted by atomic mass is 10.0. The lowest BCUT2D eigenvalue weighted by molar-refractivity contribution is -0.136. The van der Waals surface area contributed by atoms with Crippen molar-refractivity contribution in [3.05, 3.63) is 35.1 Å². The van der Waals surface area contributed by atoms with E-state index in [1.807, 2.05) is 0 Å². The molecule has 0 saturated carbocycles. The minimum Gasteiger partial charge on any atom is -0.324 e. The Morgan fingerprint density at radius 3 is 2.44 bits per heavy atom. The molecule has 0 spiro atoms. The summed E-state index contributed by atoms with van der Waals surface area (Å²) in [7, 11) is 0. The SMILES string of the molecule is Cc1ccc(C(N)CCC(F)(F)F)cc1F. The first-order valence-corrected chi connectivity index (χ1v) is 4.88. The molecular formula is C11H13F4N. The van der Waals surface area contributed by atoms with E-state index in [0.717, 1.165) is 0 Å². The van der Waals surface area contributed by atoms with Gasteiger partial charge < -0.3 is 5.73 Å². The van der Waals surface area contributed by atoms with Gasteiger partial charge in [0, 0.05) is 12.5 Å². The number of hydrogen-bond acceptors (Lipinski definition) is 1. The van der Waals surface area contributed by atoms with Crippen molar-refractivity contribution in [1.82, 2.24) is 0 Å². The maximum absolute atomic E-state index is 13.1. The van der Waals surface area contributed by atoms with E-state index in [0.29, 0.717) is 11.1 Å². The maximum Gasteiger partial charge on any atom is 0.389 e. The molecule has 1 nitrogen and oxygen atoms in total. The molecule has 1 unspecified atom stereocenters. The minimum absolute atomic E-state index is 0.230. The van der Waals surface area contributed by atoms with E-state index in [-0.39, 0.29) is 6.42 Å². The molecule has 1 atom stereocenters. The van der Waals surface area contributed by atoms with Gasteiger partial charge in [-0.25, -0.2) is 4.39 Å². The van der Waals surface area contributed by atoms with E-state index >= 15 is 0 Å². The number of nitrogens with two attached hydrogens (primary N) is 1. The summed E-state index contributed by atoms with van der Waals surface area (Å²) < 4.78 is 49.0. The molecule has 1 aromatic carbocycles. The molecule has 0 aliphatic heterocycles. The first kappa shape index (κ1) is 13.0. The average molecular weight is 235 g/mol. The van der Waals surface area contributed by atoms with Crippen LogP contribution < -0.4 is 5.73 Å². The zero-order valence-electron chi connectivity index (χ0n) is 8.81. The van der Waals surface area contributed by atoms with E-state index in [9.17, 15) is 17.6 Å². The van der Waals surface area contributed by atoms with Crippen molar-refractivity contribution in [2.24, 2.45) is 5.73 Å². The van der Waals surface area contributed by atoms with Gasteiger partial charge in [-0.05, 0) is 30.5 Å². The first-order valence-electron chi connectivity index (χ1n) is 4.88. The van der Waals surface area contributed by atoms with Crippen LogP contribution in [0.3, 0.4) is 0 Å². The van der Waals surface area contributed by atoms with E-state index in [4.69, 9.17) is 5.73 Å². The molecule has 1 aromatic rings.